The number of carbonyl (C=O) groups excluding carboxylic acids is 2. The molecule has 3 aromatic heterocycles. The highest BCUT2D eigenvalue weighted by molar-refractivity contribution is 6.35. The molecule has 0 saturated carbocycles. The van der Waals surface area contributed by atoms with Crippen LogP contribution < -0.4 is 15.0 Å². The normalized spacial score (nSPS) is 17.0. The van der Waals surface area contributed by atoms with Crippen molar-refractivity contribution in [1.29, 1.82) is 0 Å². The van der Waals surface area contributed by atoms with Gasteiger partial charge in [-0.3, -0.25) is 9.48 Å². The van der Waals surface area contributed by atoms with Gasteiger partial charge in [-0.15, -0.1) is 0 Å². The first-order valence-electron chi connectivity index (χ1n) is 19.4. The molecule has 0 spiro atoms. The summed E-state index contributed by atoms with van der Waals surface area (Å²) in [5.74, 6) is 0.263. The standard InChI is InChI=1S/C44H48Cl2N6O4/c1-24-18-31(19-25(2)40(24)46)56-17-9-11-32-33-13-14-35(45)39(38-27(4)48-49(6)28(38)5)41(33)52-26(3)21-51(43(53)42(32)52)37-23-50(22-30-10-8-16-47-30)36-15-12-29(20-34(36)37)44(54)55-7/h12-15,18-20,23,26,30,47H,8-11,16-17,21-22H2,1-7H3. The number of hydrogen-bond acceptors (Lipinski definition) is 6. The van der Waals surface area contributed by atoms with Crippen molar-refractivity contribution < 1.29 is 19.1 Å². The molecule has 1 N–H and O–H groups in total. The second-order valence-electron chi connectivity index (χ2n) is 15.5. The molecule has 0 bridgehead atoms. The first-order chi connectivity index (χ1) is 26.9. The van der Waals surface area contributed by atoms with Crippen LogP contribution >= 0.6 is 23.2 Å². The van der Waals surface area contributed by atoms with E-state index in [4.69, 9.17) is 37.8 Å². The van der Waals surface area contributed by atoms with E-state index in [2.05, 4.69) is 40.6 Å². The molecule has 12 heteroatoms. The summed E-state index contributed by atoms with van der Waals surface area (Å²) in [4.78, 5) is 30.0. The van der Waals surface area contributed by atoms with Gasteiger partial charge in [0, 0.05) is 71.0 Å². The third-order valence-electron chi connectivity index (χ3n) is 11.7. The van der Waals surface area contributed by atoms with Crippen LogP contribution in [0.5, 0.6) is 5.75 Å². The van der Waals surface area contributed by atoms with E-state index in [1.54, 1.807) is 6.07 Å². The predicted octanol–water partition coefficient (Wildman–Crippen LogP) is 9.31. The first-order valence-corrected chi connectivity index (χ1v) is 20.1. The van der Waals surface area contributed by atoms with E-state index in [1.807, 2.05) is 67.7 Å². The van der Waals surface area contributed by atoms with E-state index in [0.29, 0.717) is 48.3 Å². The summed E-state index contributed by atoms with van der Waals surface area (Å²) >= 11 is 13.6. The zero-order valence-electron chi connectivity index (χ0n) is 33.1. The maximum Gasteiger partial charge on any atom is 0.337 e. The van der Waals surface area contributed by atoms with Gasteiger partial charge in [0.1, 0.15) is 11.4 Å². The maximum atomic E-state index is 15.4. The van der Waals surface area contributed by atoms with Crippen LogP contribution in [0.4, 0.5) is 5.69 Å². The van der Waals surface area contributed by atoms with Gasteiger partial charge in [-0.25, -0.2) is 4.79 Å². The van der Waals surface area contributed by atoms with Crippen LogP contribution in [0.25, 0.3) is 32.9 Å². The molecule has 0 radical (unpaired) electrons. The van der Waals surface area contributed by atoms with Gasteiger partial charge in [-0.1, -0.05) is 29.3 Å². The van der Waals surface area contributed by atoms with Crippen molar-refractivity contribution in [3.63, 3.8) is 0 Å². The Bertz CT molecular complexity index is 2520. The number of esters is 1. The summed E-state index contributed by atoms with van der Waals surface area (Å²) in [5.41, 5.74) is 10.4. The van der Waals surface area contributed by atoms with Gasteiger partial charge >= 0.3 is 5.97 Å². The number of aromatic nitrogens is 4. The fourth-order valence-corrected chi connectivity index (χ4v) is 9.33. The lowest BCUT2D eigenvalue weighted by molar-refractivity contribution is 0.0600. The van der Waals surface area contributed by atoms with Crippen molar-refractivity contribution in [3.8, 4) is 16.9 Å². The number of benzene rings is 3. The minimum Gasteiger partial charge on any atom is -0.494 e. The average Bonchev–Trinajstić information content (AvgIpc) is 3.95. The molecule has 1 fully saturated rings. The summed E-state index contributed by atoms with van der Waals surface area (Å²) in [6.45, 7) is 12.8. The minimum atomic E-state index is -0.416. The summed E-state index contributed by atoms with van der Waals surface area (Å²) < 4.78 is 17.7. The molecule has 10 nitrogen and oxygen atoms in total. The van der Waals surface area contributed by atoms with Gasteiger partial charge in [-0.2, -0.15) is 5.10 Å². The predicted molar refractivity (Wildman–Crippen MR) is 224 cm³/mol. The number of fused-ring (bicyclic) bond motifs is 4. The molecule has 56 heavy (non-hydrogen) atoms. The van der Waals surface area contributed by atoms with E-state index in [0.717, 1.165) is 103 Å². The molecule has 2 unspecified atom stereocenters. The number of methoxy groups -OCH3 is 1. The Morgan fingerprint density at radius 2 is 1.79 bits per heavy atom. The lowest BCUT2D eigenvalue weighted by atomic mass is 9.98. The Morgan fingerprint density at radius 3 is 2.46 bits per heavy atom. The van der Waals surface area contributed by atoms with Crippen molar-refractivity contribution in [1.82, 2.24) is 24.2 Å². The van der Waals surface area contributed by atoms with Gasteiger partial charge in [-0.05, 0) is 120 Å². The lowest BCUT2D eigenvalue weighted by Gasteiger charge is -2.34. The summed E-state index contributed by atoms with van der Waals surface area (Å²) in [5, 5.41) is 11.5. The molecule has 2 aliphatic heterocycles. The molecule has 2 atom stereocenters. The van der Waals surface area contributed by atoms with E-state index in [9.17, 15) is 4.79 Å². The first kappa shape index (κ1) is 38.1. The summed E-state index contributed by atoms with van der Waals surface area (Å²) in [7, 11) is 3.33. The third kappa shape index (κ3) is 6.45. The molecule has 8 rings (SSSR count). The van der Waals surface area contributed by atoms with Crippen molar-refractivity contribution >= 4 is 62.6 Å². The van der Waals surface area contributed by atoms with E-state index in [1.165, 1.54) is 7.11 Å². The molecule has 292 valence electrons. The fourth-order valence-electron chi connectivity index (χ4n) is 8.98. The van der Waals surface area contributed by atoms with Crippen LogP contribution in [-0.2, 0) is 24.8 Å². The molecule has 1 amide bonds. The van der Waals surface area contributed by atoms with Crippen LogP contribution in [0.2, 0.25) is 10.0 Å². The number of hydrogen-bond donors (Lipinski definition) is 1. The van der Waals surface area contributed by atoms with E-state index >= 15 is 4.79 Å². The molecular weight excluding hydrogens is 747 g/mol. The fraction of sp³-hybridized carbons (Fsp3) is 0.386. The Morgan fingerprint density at radius 1 is 1.02 bits per heavy atom. The topological polar surface area (TPSA) is 95.6 Å². The molecule has 6 aromatic rings. The van der Waals surface area contributed by atoms with Gasteiger partial charge in [0.05, 0.1) is 46.7 Å². The Labute approximate surface area is 337 Å². The highest BCUT2D eigenvalue weighted by Crippen LogP contribution is 2.46. The number of ether oxygens (including phenoxy) is 2. The monoisotopic (exact) mass is 794 g/mol. The van der Waals surface area contributed by atoms with E-state index < -0.39 is 5.97 Å². The summed E-state index contributed by atoms with van der Waals surface area (Å²) in [6.07, 6.45) is 5.58. The Hall–Kier alpha value is -4.77. The quantitative estimate of drug-likeness (QED) is 0.110. The molecule has 2 aliphatic rings. The van der Waals surface area contributed by atoms with Gasteiger partial charge in [0.2, 0.25) is 0 Å². The smallest absolute Gasteiger partial charge is 0.337 e. The maximum absolute atomic E-state index is 15.4. The van der Waals surface area contributed by atoms with Crippen molar-refractivity contribution in [2.24, 2.45) is 7.05 Å². The van der Waals surface area contributed by atoms with Gasteiger partial charge in [0.25, 0.3) is 5.91 Å². The van der Waals surface area contributed by atoms with Crippen LogP contribution in [0.15, 0.2) is 48.7 Å². The van der Waals surface area contributed by atoms with Gasteiger partial charge < -0.3 is 28.8 Å². The zero-order chi connectivity index (χ0) is 39.6. The highest BCUT2D eigenvalue weighted by Gasteiger charge is 2.38. The molecule has 1 saturated heterocycles. The molecule has 3 aromatic carbocycles. The van der Waals surface area contributed by atoms with Crippen molar-refractivity contribution in [2.75, 3.05) is 31.7 Å². The largest absolute Gasteiger partial charge is 0.494 e. The Kier molecular flexibility index (Phi) is 10.2. The number of rotatable bonds is 10. The minimum absolute atomic E-state index is 0.0950. The summed E-state index contributed by atoms with van der Waals surface area (Å²) in [6, 6.07) is 13.8. The zero-order valence-corrected chi connectivity index (χ0v) is 34.6. The molecule has 5 heterocycles. The Balaban J connectivity index is 1.27. The number of anilines is 1. The average molecular weight is 796 g/mol. The number of nitrogens with one attached hydrogen (secondary N) is 1. The van der Waals surface area contributed by atoms with Crippen LogP contribution in [0.3, 0.4) is 0 Å². The van der Waals surface area contributed by atoms with Crippen LogP contribution in [0, 0.1) is 27.7 Å². The highest BCUT2D eigenvalue weighted by atomic mass is 35.5. The van der Waals surface area contributed by atoms with Crippen molar-refractivity contribution in [3.05, 3.63) is 98.0 Å². The second-order valence-corrected chi connectivity index (χ2v) is 16.2. The second kappa shape index (κ2) is 15.0. The molecular formula is C44H48Cl2N6O4. The molecule has 0 aliphatic carbocycles. The number of carbonyl (C=O) groups is 2. The lowest BCUT2D eigenvalue weighted by Crippen LogP contribution is -2.42. The number of halogens is 2. The number of amides is 1. The number of aryl methyl sites for hydroxylation is 5. The van der Waals surface area contributed by atoms with Crippen LogP contribution in [-0.4, -0.2) is 63.6 Å². The SMILES string of the molecule is COC(=O)c1ccc2c(c1)c(N1CC(C)n3c(c(CCCOc4cc(C)c(Cl)c(C)c4)c4ccc(Cl)c(-c5c(C)nn(C)c5C)c43)C1=O)cn2CC1CCCN1. The van der Waals surface area contributed by atoms with Gasteiger partial charge in [0.15, 0.2) is 0 Å². The number of nitrogens with zero attached hydrogens (tertiary/aromatic N) is 5. The third-order valence-corrected chi connectivity index (χ3v) is 12.6. The van der Waals surface area contributed by atoms with Crippen LogP contribution in [0.1, 0.15) is 81.2 Å². The van der Waals surface area contributed by atoms with Crippen molar-refractivity contribution in [2.45, 2.75) is 78.9 Å². The van der Waals surface area contributed by atoms with E-state index in [-0.39, 0.29) is 11.9 Å².